The fraction of sp³-hybridized carbons (Fsp3) is 0.321. The van der Waals surface area contributed by atoms with Crippen molar-refractivity contribution >= 4 is 17.5 Å². The number of fused-ring (bicyclic) bond motifs is 1. The molecule has 2 heterocycles. The molecule has 0 spiro atoms. The van der Waals surface area contributed by atoms with E-state index in [4.69, 9.17) is 4.74 Å². The average Bonchev–Trinajstić information content (AvgIpc) is 3.25. The van der Waals surface area contributed by atoms with Crippen molar-refractivity contribution in [3.8, 4) is 5.75 Å². The van der Waals surface area contributed by atoms with Gasteiger partial charge in [-0.3, -0.25) is 4.79 Å². The third kappa shape index (κ3) is 4.62. The number of ketones is 1. The summed E-state index contributed by atoms with van der Waals surface area (Å²) in [6.45, 7) is 4.31. The number of carbonyl (C=O) groups excluding carboxylic acids is 1. The summed E-state index contributed by atoms with van der Waals surface area (Å²) in [5.74, 6) is 0.854. The molecule has 2 aliphatic rings. The van der Waals surface area contributed by atoms with E-state index in [1.165, 1.54) is 42.8 Å². The molecule has 0 amide bonds. The summed E-state index contributed by atoms with van der Waals surface area (Å²) < 4.78 is 5.98. The Hall–Kier alpha value is -2.56. The number of nitrogens with one attached hydrogen (secondary N) is 1. The van der Waals surface area contributed by atoms with Crippen molar-refractivity contribution in [2.75, 3.05) is 26.2 Å². The molecule has 2 unspecified atom stereocenters. The van der Waals surface area contributed by atoms with Crippen molar-refractivity contribution in [1.82, 2.24) is 0 Å². The number of hydrogen-bond donors (Lipinski definition) is 1. The molecule has 1 N–H and O–H groups in total. The first-order valence-corrected chi connectivity index (χ1v) is 12.6. The van der Waals surface area contributed by atoms with Gasteiger partial charge in [-0.1, -0.05) is 48.5 Å². The molecule has 1 saturated heterocycles. The first-order valence-electron chi connectivity index (χ1n) is 11.7. The number of hydrogen-bond acceptors (Lipinski definition) is 3. The lowest BCUT2D eigenvalue weighted by atomic mass is 9.85. The van der Waals surface area contributed by atoms with Gasteiger partial charge < -0.3 is 9.64 Å². The summed E-state index contributed by atoms with van der Waals surface area (Å²) in [6, 6.07) is 26.5. The van der Waals surface area contributed by atoms with E-state index in [9.17, 15) is 4.79 Å². The Labute approximate surface area is 194 Å². The van der Waals surface area contributed by atoms with Gasteiger partial charge in [0.15, 0.2) is 5.78 Å². The van der Waals surface area contributed by atoms with E-state index >= 15 is 0 Å². The van der Waals surface area contributed by atoms with Crippen molar-refractivity contribution in [2.24, 2.45) is 0 Å². The second-order valence-electron chi connectivity index (χ2n) is 8.76. The highest BCUT2D eigenvalue weighted by Gasteiger charge is 2.39. The van der Waals surface area contributed by atoms with E-state index in [0.717, 1.165) is 30.0 Å². The molecule has 3 nitrogen and oxygen atoms in total. The molecule has 0 aliphatic carbocycles. The highest BCUT2D eigenvalue weighted by Crippen LogP contribution is 2.55. The van der Waals surface area contributed by atoms with Crippen molar-refractivity contribution in [2.45, 2.75) is 35.3 Å². The highest BCUT2D eigenvalue weighted by atomic mass is 32.2. The Morgan fingerprint density at radius 2 is 1.59 bits per heavy atom. The van der Waals surface area contributed by atoms with Gasteiger partial charge in [-0.25, -0.2) is 0 Å². The van der Waals surface area contributed by atoms with Gasteiger partial charge in [-0.15, -0.1) is 11.8 Å². The van der Waals surface area contributed by atoms with Gasteiger partial charge in [0, 0.05) is 15.7 Å². The summed E-state index contributed by atoms with van der Waals surface area (Å²) in [5, 5.41) is 0.101. The van der Waals surface area contributed by atoms with Crippen molar-refractivity contribution in [3.63, 3.8) is 0 Å². The van der Waals surface area contributed by atoms with Crippen LogP contribution in [0.25, 0.3) is 0 Å². The quantitative estimate of drug-likeness (QED) is 0.523. The van der Waals surface area contributed by atoms with Crippen LogP contribution in [0.1, 0.15) is 51.9 Å². The van der Waals surface area contributed by atoms with Crippen molar-refractivity contribution < 1.29 is 14.4 Å². The van der Waals surface area contributed by atoms with Gasteiger partial charge in [-0.2, -0.15) is 0 Å². The minimum absolute atomic E-state index is 0.101. The third-order valence-corrected chi connectivity index (χ3v) is 8.07. The Kier molecular flexibility index (Phi) is 6.61. The minimum atomic E-state index is -0.173. The van der Waals surface area contributed by atoms with Crippen LogP contribution in [0.4, 0.5) is 0 Å². The molecule has 3 aromatic carbocycles. The number of benzene rings is 3. The zero-order chi connectivity index (χ0) is 21.8. The Bertz CT molecular complexity index is 1040. The molecular weight excluding hydrogens is 414 g/mol. The number of ether oxygens (including phenoxy) is 1. The topological polar surface area (TPSA) is 30.7 Å². The predicted molar refractivity (Wildman–Crippen MR) is 130 cm³/mol. The smallest absolute Gasteiger partial charge is 0.171 e. The summed E-state index contributed by atoms with van der Waals surface area (Å²) in [4.78, 5) is 16.5. The molecule has 0 bridgehead atoms. The fourth-order valence-corrected chi connectivity index (χ4v) is 6.37. The zero-order valence-corrected chi connectivity index (χ0v) is 19.2. The molecule has 0 radical (unpaired) electrons. The summed E-state index contributed by atoms with van der Waals surface area (Å²) in [7, 11) is 0. The van der Waals surface area contributed by atoms with Crippen LogP contribution < -0.4 is 9.64 Å². The van der Waals surface area contributed by atoms with E-state index in [1.54, 1.807) is 16.7 Å². The SMILES string of the molecule is O=C(c1ccc(OCC[NH+]2CCCCC2)cc1)C1c2ccccc2SC1c1ccccc1. The van der Waals surface area contributed by atoms with Gasteiger partial charge in [0.1, 0.15) is 18.9 Å². The van der Waals surface area contributed by atoms with Gasteiger partial charge in [0.05, 0.1) is 19.0 Å². The molecule has 5 rings (SSSR count). The van der Waals surface area contributed by atoms with E-state index < -0.39 is 0 Å². The highest BCUT2D eigenvalue weighted by molar-refractivity contribution is 8.00. The van der Waals surface area contributed by atoms with Gasteiger partial charge >= 0.3 is 0 Å². The number of rotatable bonds is 7. The molecule has 32 heavy (non-hydrogen) atoms. The molecule has 4 heteroatoms. The monoisotopic (exact) mass is 444 g/mol. The van der Waals surface area contributed by atoms with Crippen LogP contribution in [0.15, 0.2) is 83.8 Å². The molecule has 1 fully saturated rings. The number of Topliss-reactive ketones (excluding diaryl/α,β-unsaturated/α-hetero) is 1. The molecule has 164 valence electrons. The fourth-order valence-electron chi connectivity index (χ4n) is 4.90. The summed E-state index contributed by atoms with van der Waals surface area (Å²) in [5.41, 5.74) is 3.09. The van der Waals surface area contributed by atoms with Crippen molar-refractivity contribution in [1.29, 1.82) is 0 Å². The maximum absolute atomic E-state index is 13.7. The third-order valence-electron chi connectivity index (χ3n) is 6.65. The number of likely N-dealkylation sites (tertiary alicyclic amines) is 1. The molecular formula is C28H30NO2S+. The lowest BCUT2D eigenvalue weighted by molar-refractivity contribution is -0.904. The Morgan fingerprint density at radius 1 is 0.875 bits per heavy atom. The second-order valence-corrected chi connectivity index (χ2v) is 9.95. The Balaban J connectivity index is 1.30. The lowest BCUT2D eigenvalue weighted by Crippen LogP contribution is -3.13. The van der Waals surface area contributed by atoms with E-state index in [2.05, 4.69) is 42.5 Å². The molecule has 2 atom stereocenters. The first-order chi connectivity index (χ1) is 15.8. The van der Waals surface area contributed by atoms with Crippen LogP contribution in [0.2, 0.25) is 0 Å². The zero-order valence-electron chi connectivity index (χ0n) is 18.3. The maximum Gasteiger partial charge on any atom is 0.171 e. The largest absolute Gasteiger partial charge is 0.488 e. The lowest BCUT2D eigenvalue weighted by Gasteiger charge is -2.23. The molecule has 0 saturated carbocycles. The normalized spacial score (nSPS) is 20.6. The van der Waals surface area contributed by atoms with Crippen LogP contribution in [0, 0.1) is 0 Å². The van der Waals surface area contributed by atoms with Crippen LogP contribution in [-0.4, -0.2) is 32.0 Å². The first kappa shape index (κ1) is 21.3. The number of thioether (sulfide) groups is 1. The molecule has 2 aliphatic heterocycles. The number of piperidine rings is 1. The second kappa shape index (κ2) is 9.93. The van der Waals surface area contributed by atoms with Crippen LogP contribution in [0.5, 0.6) is 5.75 Å². The summed E-state index contributed by atoms with van der Waals surface area (Å²) in [6.07, 6.45) is 4.03. The van der Waals surface area contributed by atoms with E-state index in [1.807, 2.05) is 36.4 Å². The predicted octanol–water partition coefficient (Wildman–Crippen LogP) is 4.95. The van der Waals surface area contributed by atoms with E-state index in [0.29, 0.717) is 0 Å². The molecule has 0 aromatic heterocycles. The number of carbonyl (C=O) groups is 1. The standard InChI is InChI=1S/C28H29NO2S/c30-27(21-13-15-23(16-14-21)31-20-19-29-17-7-2-8-18-29)26-24-11-5-6-12-25(24)32-28(26)22-9-3-1-4-10-22/h1,3-6,9-16,26,28H,2,7-8,17-20H2/p+1. The van der Waals surface area contributed by atoms with Crippen LogP contribution in [0.3, 0.4) is 0 Å². The van der Waals surface area contributed by atoms with Gasteiger partial charge in [0.25, 0.3) is 0 Å². The van der Waals surface area contributed by atoms with Crippen LogP contribution >= 0.6 is 11.8 Å². The number of quaternary nitrogens is 1. The maximum atomic E-state index is 13.7. The van der Waals surface area contributed by atoms with Gasteiger partial charge in [0.2, 0.25) is 0 Å². The minimum Gasteiger partial charge on any atom is -0.488 e. The molecule has 3 aromatic rings. The van der Waals surface area contributed by atoms with E-state index in [-0.39, 0.29) is 17.0 Å². The average molecular weight is 445 g/mol. The Morgan fingerprint density at radius 3 is 2.38 bits per heavy atom. The van der Waals surface area contributed by atoms with Crippen molar-refractivity contribution in [3.05, 3.63) is 95.6 Å². The van der Waals surface area contributed by atoms with Gasteiger partial charge in [-0.05, 0) is 60.7 Å². The van der Waals surface area contributed by atoms with Crippen LogP contribution in [-0.2, 0) is 0 Å². The summed E-state index contributed by atoms with van der Waals surface area (Å²) >= 11 is 1.80.